The standard InChI is InChI=1S/C18H21N7O2/c1-23-16(26)10-15(19-18(23)27)24-8-6-12(7-9-24)17-21-20-14-5-4-13(11-2-3-11)22-25(14)17/h4-5,10-12H,2-3,6-9H2,1H3,(H,19,27). The van der Waals surface area contributed by atoms with E-state index in [-0.39, 0.29) is 17.2 Å². The molecule has 0 amide bonds. The van der Waals surface area contributed by atoms with Crippen molar-refractivity contribution in [1.82, 2.24) is 29.4 Å². The Morgan fingerprint density at radius 1 is 1.04 bits per heavy atom. The van der Waals surface area contributed by atoms with Crippen LogP contribution >= 0.6 is 0 Å². The number of aromatic amines is 1. The van der Waals surface area contributed by atoms with Gasteiger partial charge in [-0.2, -0.15) is 9.61 Å². The first-order chi connectivity index (χ1) is 13.1. The van der Waals surface area contributed by atoms with Gasteiger partial charge < -0.3 is 4.90 Å². The fraction of sp³-hybridized carbons (Fsp3) is 0.500. The molecular weight excluding hydrogens is 346 g/mol. The SMILES string of the molecule is Cn1c(=O)cc(N2CCC(c3nnc4ccc(C5CC5)nn34)CC2)[nH]c1=O. The van der Waals surface area contributed by atoms with Crippen molar-refractivity contribution in [3.8, 4) is 0 Å². The highest BCUT2D eigenvalue weighted by Crippen LogP contribution is 2.39. The zero-order chi connectivity index (χ0) is 18.5. The van der Waals surface area contributed by atoms with Crippen molar-refractivity contribution in [3.63, 3.8) is 0 Å². The summed E-state index contributed by atoms with van der Waals surface area (Å²) in [6.07, 6.45) is 4.16. The number of H-pyrrole nitrogens is 1. The highest BCUT2D eigenvalue weighted by Gasteiger charge is 2.28. The molecule has 0 radical (unpaired) electrons. The Balaban J connectivity index is 1.37. The molecule has 3 aromatic rings. The molecule has 0 bridgehead atoms. The lowest BCUT2D eigenvalue weighted by Gasteiger charge is -2.32. The Bertz CT molecular complexity index is 1090. The molecule has 0 unspecified atom stereocenters. The van der Waals surface area contributed by atoms with E-state index in [9.17, 15) is 9.59 Å². The molecule has 1 N–H and O–H groups in total. The molecule has 2 aliphatic rings. The van der Waals surface area contributed by atoms with Crippen LogP contribution in [0.2, 0.25) is 0 Å². The summed E-state index contributed by atoms with van der Waals surface area (Å²) in [5, 5.41) is 13.4. The van der Waals surface area contributed by atoms with Crippen molar-refractivity contribution < 1.29 is 0 Å². The van der Waals surface area contributed by atoms with Crippen LogP contribution in [0, 0.1) is 0 Å². The van der Waals surface area contributed by atoms with Gasteiger partial charge in [-0.25, -0.2) is 4.79 Å². The molecule has 9 heteroatoms. The van der Waals surface area contributed by atoms with Crippen LogP contribution < -0.4 is 16.1 Å². The van der Waals surface area contributed by atoms with Crippen LogP contribution in [-0.2, 0) is 7.05 Å². The van der Waals surface area contributed by atoms with Gasteiger partial charge in [0, 0.05) is 38.0 Å². The smallest absolute Gasteiger partial charge is 0.329 e. The molecule has 4 heterocycles. The number of rotatable bonds is 3. The number of hydrogen-bond acceptors (Lipinski definition) is 6. The van der Waals surface area contributed by atoms with E-state index in [0.717, 1.165) is 47.7 Å². The minimum absolute atomic E-state index is 0.261. The number of hydrogen-bond donors (Lipinski definition) is 1. The number of aromatic nitrogens is 6. The minimum Gasteiger partial charge on any atom is -0.358 e. The molecule has 0 atom stereocenters. The summed E-state index contributed by atoms with van der Waals surface area (Å²) in [6.45, 7) is 1.48. The van der Waals surface area contributed by atoms with Gasteiger partial charge >= 0.3 is 5.69 Å². The lowest BCUT2D eigenvalue weighted by atomic mass is 9.96. The van der Waals surface area contributed by atoms with E-state index < -0.39 is 0 Å². The summed E-state index contributed by atoms with van der Waals surface area (Å²) in [5.74, 6) is 2.34. The summed E-state index contributed by atoms with van der Waals surface area (Å²) < 4.78 is 2.97. The summed E-state index contributed by atoms with van der Waals surface area (Å²) in [5.41, 5.74) is 1.22. The highest BCUT2D eigenvalue weighted by atomic mass is 16.2. The predicted molar refractivity (Wildman–Crippen MR) is 99.2 cm³/mol. The molecule has 5 rings (SSSR count). The first kappa shape index (κ1) is 16.2. The first-order valence-electron chi connectivity index (χ1n) is 9.38. The molecule has 0 spiro atoms. The molecule has 1 saturated heterocycles. The molecule has 1 aliphatic heterocycles. The second kappa shape index (κ2) is 6.04. The molecule has 3 aromatic heterocycles. The van der Waals surface area contributed by atoms with Crippen molar-refractivity contribution >= 4 is 11.5 Å². The average Bonchev–Trinajstić information content (AvgIpc) is 3.45. The lowest BCUT2D eigenvalue weighted by molar-refractivity contribution is 0.473. The number of anilines is 1. The normalized spacial score (nSPS) is 18.3. The minimum atomic E-state index is -0.389. The fourth-order valence-electron chi connectivity index (χ4n) is 3.76. The molecule has 9 nitrogen and oxygen atoms in total. The van der Waals surface area contributed by atoms with Gasteiger partial charge in [-0.1, -0.05) is 0 Å². The number of nitrogens with zero attached hydrogens (tertiary/aromatic N) is 6. The maximum Gasteiger partial charge on any atom is 0.329 e. The summed E-state index contributed by atoms with van der Waals surface area (Å²) in [4.78, 5) is 28.6. The van der Waals surface area contributed by atoms with E-state index in [1.165, 1.54) is 26.0 Å². The summed E-state index contributed by atoms with van der Waals surface area (Å²) in [7, 11) is 1.47. The van der Waals surface area contributed by atoms with Gasteiger partial charge in [0.25, 0.3) is 5.56 Å². The summed E-state index contributed by atoms with van der Waals surface area (Å²) >= 11 is 0. The van der Waals surface area contributed by atoms with Crippen LogP contribution in [0.25, 0.3) is 5.65 Å². The van der Waals surface area contributed by atoms with E-state index in [0.29, 0.717) is 11.7 Å². The van der Waals surface area contributed by atoms with E-state index in [1.54, 1.807) is 0 Å². The van der Waals surface area contributed by atoms with Gasteiger partial charge in [0.2, 0.25) is 0 Å². The van der Waals surface area contributed by atoms with E-state index in [4.69, 9.17) is 5.10 Å². The maximum atomic E-state index is 11.9. The second-order valence-corrected chi connectivity index (χ2v) is 7.48. The molecule has 2 fully saturated rings. The van der Waals surface area contributed by atoms with Gasteiger partial charge in [0.05, 0.1) is 5.69 Å². The Morgan fingerprint density at radius 3 is 2.52 bits per heavy atom. The molecular formula is C18H21N7O2. The third-order valence-electron chi connectivity index (χ3n) is 5.63. The molecule has 1 aliphatic carbocycles. The van der Waals surface area contributed by atoms with Crippen molar-refractivity contribution in [2.75, 3.05) is 18.0 Å². The monoisotopic (exact) mass is 367 g/mol. The second-order valence-electron chi connectivity index (χ2n) is 7.48. The van der Waals surface area contributed by atoms with Crippen molar-refractivity contribution in [1.29, 1.82) is 0 Å². The number of fused-ring (bicyclic) bond motifs is 1. The van der Waals surface area contributed by atoms with Gasteiger partial charge in [-0.15, -0.1) is 10.2 Å². The Labute approximate surface area is 154 Å². The summed E-state index contributed by atoms with van der Waals surface area (Å²) in [6, 6.07) is 5.54. The largest absolute Gasteiger partial charge is 0.358 e. The van der Waals surface area contributed by atoms with Crippen LogP contribution in [-0.4, -0.2) is 42.5 Å². The number of nitrogens with one attached hydrogen (secondary N) is 1. The molecule has 1 saturated carbocycles. The van der Waals surface area contributed by atoms with Crippen LogP contribution in [0.3, 0.4) is 0 Å². The van der Waals surface area contributed by atoms with E-state index in [1.807, 2.05) is 15.5 Å². The van der Waals surface area contributed by atoms with Crippen LogP contribution in [0.15, 0.2) is 27.8 Å². The fourth-order valence-corrected chi connectivity index (χ4v) is 3.76. The lowest BCUT2D eigenvalue weighted by Crippen LogP contribution is -2.39. The van der Waals surface area contributed by atoms with Gasteiger partial charge in [-0.3, -0.25) is 14.3 Å². The predicted octanol–water partition coefficient (Wildman–Crippen LogP) is 0.773. The third kappa shape index (κ3) is 2.83. The van der Waals surface area contributed by atoms with Crippen molar-refractivity contribution in [2.24, 2.45) is 7.05 Å². The zero-order valence-corrected chi connectivity index (χ0v) is 15.1. The van der Waals surface area contributed by atoms with Crippen LogP contribution in [0.4, 0.5) is 5.82 Å². The van der Waals surface area contributed by atoms with Crippen LogP contribution in [0.5, 0.6) is 0 Å². The topological polar surface area (TPSA) is 101 Å². The first-order valence-corrected chi connectivity index (χ1v) is 9.38. The number of piperidine rings is 1. The van der Waals surface area contributed by atoms with E-state index >= 15 is 0 Å². The Morgan fingerprint density at radius 2 is 1.81 bits per heavy atom. The molecule has 27 heavy (non-hydrogen) atoms. The van der Waals surface area contributed by atoms with Crippen LogP contribution in [0.1, 0.15) is 49.0 Å². The highest BCUT2D eigenvalue weighted by molar-refractivity contribution is 5.40. The van der Waals surface area contributed by atoms with Gasteiger partial charge in [-0.05, 0) is 37.8 Å². The average molecular weight is 367 g/mol. The molecule has 0 aromatic carbocycles. The Hall–Kier alpha value is -2.97. The third-order valence-corrected chi connectivity index (χ3v) is 5.63. The quantitative estimate of drug-likeness (QED) is 0.734. The van der Waals surface area contributed by atoms with Gasteiger partial charge in [0.1, 0.15) is 5.82 Å². The van der Waals surface area contributed by atoms with Crippen molar-refractivity contribution in [2.45, 2.75) is 37.5 Å². The van der Waals surface area contributed by atoms with Gasteiger partial charge in [0.15, 0.2) is 11.5 Å². The zero-order valence-electron chi connectivity index (χ0n) is 15.1. The maximum absolute atomic E-state index is 11.9. The molecule has 140 valence electrons. The Kier molecular flexibility index (Phi) is 3.63. The van der Waals surface area contributed by atoms with E-state index in [2.05, 4.69) is 21.2 Å². The van der Waals surface area contributed by atoms with Crippen molar-refractivity contribution in [3.05, 3.63) is 50.6 Å².